The van der Waals surface area contributed by atoms with Crippen LogP contribution in [0.3, 0.4) is 0 Å². The van der Waals surface area contributed by atoms with Gasteiger partial charge in [-0.15, -0.1) is 0 Å². The van der Waals surface area contributed by atoms with E-state index < -0.39 is 6.10 Å². The first-order valence-corrected chi connectivity index (χ1v) is 6.62. The quantitative estimate of drug-likeness (QED) is 0.805. The highest BCUT2D eigenvalue weighted by Gasteiger charge is 2.12. The molecule has 2 nitrogen and oxygen atoms in total. The minimum atomic E-state index is -0.573. The van der Waals surface area contributed by atoms with Gasteiger partial charge in [-0.3, -0.25) is 0 Å². The number of hydrogen-bond donors (Lipinski definition) is 1. The molecule has 0 fully saturated rings. The summed E-state index contributed by atoms with van der Waals surface area (Å²) in [4.78, 5) is 0. The van der Waals surface area contributed by atoms with Crippen LogP contribution in [-0.2, 0) is 4.74 Å². The summed E-state index contributed by atoms with van der Waals surface area (Å²) in [5, 5.41) is 9.92. The molecule has 0 saturated carbocycles. The highest BCUT2D eigenvalue weighted by atomic mass is 127. The first kappa shape index (κ1) is 13.4. The second-order valence-corrected chi connectivity index (χ2v) is 5.66. The molecule has 1 N–H and O–H groups in total. The van der Waals surface area contributed by atoms with E-state index in [0.29, 0.717) is 6.61 Å². The van der Waals surface area contributed by atoms with Crippen molar-refractivity contribution in [1.82, 2.24) is 0 Å². The maximum Gasteiger partial charge on any atom is 0.103 e. The molecule has 0 aromatic heterocycles. The maximum atomic E-state index is 9.92. The molecule has 84 valence electrons. The van der Waals surface area contributed by atoms with Crippen LogP contribution in [0.4, 0.5) is 0 Å². The summed E-state index contributed by atoms with van der Waals surface area (Å²) in [5.41, 5.74) is 0.877. The summed E-state index contributed by atoms with van der Waals surface area (Å²) in [6, 6.07) is 5.89. The monoisotopic (exact) mass is 384 g/mol. The molecule has 0 aliphatic carbocycles. The topological polar surface area (TPSA) is 29.5 Å². The Morgan fingerprint density at radius 3 is 2.73 bits per heavy atom. The summed E-state index contributed by atoms with van der Waals surface area (Å²) < 4.78 is 7.40. The fourth-order valence-corrected chi connectivity index (χ4v) is 2.17. The van der Waals surface area contributed by atoms with Crippen molar-refractivity contribution in [3.8, 4) is 0 Å². The van der Waals surface area contributed by atoms with Crippen LogP contribution in [0.5, 0.6) is 0 Å². The molecular formula is C11H14BrIO2. The van der Waals surface area contributed by atoms with Crippen LogP contribution < -0.4 is 0 Å². The van der Waals surface area contributed by atoms with Crippen LogP contribution in [0.1, 0.15) is 25.5 Å². The summed E-state index contributed by atoms with van der Waals surface area (Å²) in [6.45, 7) is 4.24. The molecule has 0 amide bonds. The predicted molar refractivity (Wildman–Crippen MR) is 72.9 cm³/mol. The number of halogens is 2. The Kier molecular flexibility index (Phi) is 5.52. The van der Waals surface area contributed by atoms with Crippen molar-refractivity contribution < 1.29 is 9.84 Å². The Labute approximate surface area is 112 Å². The number of ether oxygens (including phenoxy) is 1. The third-order valence-corrected chi connectivity index (χ3v) is 3.30. The van der Waals surface area contributed by atoms with Gasteiger partial charge in [0.2, 0.25) is 0 Å². The van der Waals surface area contributed by atoms with Gasteiger partial charge in [0.1, 0.15) is 6.10 Å². The van der Waals surface area contributed by atoms with Gasteiger partial charge >= 0.3 is 0 Å². The lowest BCUT2D eigenvalue weighted by atomic mass is 10.1. The zero-order chi connectivity index (χ0) is 11.4. The fourth-order valence-electron chi connectivity index (χ4n) is 1.14. The van der Waals surface area contributed by atoms with E-state index in [1.165, 1.54) is 0 Å². The number of hydrogen-bond acceptors (Lipinski definition) is 2. The van der Waals surface area contributed by atoms with Crippen LogP contribution in [0.25, 0.3) is 0 Å². The Bertz CT molecular complexity index is 328. The summed E-state index contributed by atoms with van der Waals surface area (Å²) in [5.74, 6) is 0. The molecule has 4 heteroatoms. The van der Waals surface area contributed by atoms with E-state index in [9.17, 15) is 5.11 Å². The molecule has 0 aliphatic heterocycles. The van der Waals surface area contributed by atoms with Crippen molar-refractivity contribution in [2.45, 2.75) is 26.1 Å². The summed E-state index contributed by atoms with van der Waals surface area (Å²) >= 11 is 5.64. The normalized spacial score (nSPS) is 13.2. The maximum absolute atomic E-state index is 9.92. The Balaban J connectivity index is 2.72. The summed E-state index contributed by atoms with van der Waals surface area (Å²) in [6.07, 6.45) is -0.433. The minimum absolute atomic E-state index is 0.140. The molecule has 0 heterocycles. The molecule has 1 rings (SSSR count). The summed E-state index contributed by atoms with van der Waals surface area (Å²) in [7, 11) is 0. The van der Waals surface area contributed by atoms with Gasteiger partial charge in [-0.1, -0.05) is 15.9 Å². The zero-order valence-corrected chi connectivity index (χ0v) is 12.4. The highest BCUT2D eigenvalue weighted by Crippen LogP contribution is 2.25. The van der Waals surface area contributed by atoms with Gasteiger partial charge in [0.15, 0.2) is 0 Å². The number of aliphatic hydroxyl groups is 1. The van der Waals surface area contributed by atoms with E-state index in [2.05, 4.69) is 38.5 Å². The molecule has 0 saturated heterocycles. The van der Waals surface area contributed by atoms with E-state index in [1.807, 2.05) is 32.0 Å². The lowest BCUT2D eigenvalue weighted by molar-refractivity contribution is 0.00463. The lowest BCUT2D eigenvalue weighted by Crippen LogP contribution is -2.12. The van der Waals surface area contributed by atoms with Crippen molar-refractivity contribution in [3.63, 3.8) is 0 Å². The van der Waals surface area contributed by atoms with E-state index in [1.54, 1.807) is 0 Å². The number of aliphatic hydroxyl groups excluding tert-OH is 1. The van der Waals surface area contributed by atoms with Crippen molar-refractivity contribution >= 4 is 38.5 Å². The van der Waals surface area contributed by atoms with Crippen LogP contribution in [0, 0.1) is 3.57 Å². The van der Waals surface area contributed by atoms with Crippen LogP contribution >= 0.6 is 38.5 Å². The van der Waals surface area contributed by atoms with Gasteiger partial charge in [-0.25, -0.2) is 0 Å². The van der Waals surface area contributed by atoms with Crippen LogP contribution in [-0.4, -0.2) is 17.8 Å². The SMILES string of the molecule is CC(C)OCC(O)c1cc(I)ccc1Br. The van der Waals surface area contributed by atoms with Crippen LogP contribution in [0.2, 0.25) is 0 Å². The van der Waals surface area contributed by atoms with Crippen molar-refractivity contribution in [3.05, 3.63) is 31.8 Å². The van der Waals surface area contributed by atoms with E-state index in [4.69, 9.17) is 4.74 Å². The molecule has 1 unspecified atom stereocenters. The third-order valence-electron chi connectivity index (χ3n) is 1.90. The minimum Gasteiger partial charge on any atom is -0.386 e. The van der Waals surface area contributed by atoms with Crippen molar-refractivity contribution in [2.75, 3.05) is 6.61 Å². The van der Waals surface area contributed by atoms with Gasteiger partial charge in [0, 0.05) is 8.04 Å². The van der Waals surface area contributed by atoms with Crippen molar-refractivity contribution in [2.24, 2.45) is 0 Å². The Morgan fingerprint density at radius 2 is 2.13 bits per heavy atom. The molecule has 1 atom stereocenters. The van der Waals surface area contributed by atoms with Crippen LogP contribution in [0.15, 0.2) is 22.7 Å². The molecule has 0 radical (unpaired) electrons. The fraction of sp³-hybridized carbons (Fsp3) is 0.455. The first-order chi connectivity index (χ1) is 7.00. The molecule has 0 bridgehead atoms. The molecule has 0 spiro atoms. The average molecular weight is 385 g/mol. The first-order valence-electron chi connectivity index (χ1n) is 4.75. The van der Waals surface area contributed by atoms with E-state index in [0.717, 1.165) is 13.6 Å². The third kappa shape index (κ3) is 4.38. The van der Waals surface area contributed by atoms with Gasteiger partial charge in [-0.2, -0.15) is 0 Å². The highest BCUT2D eigenvalue weighted by molar-refractivity contribution is 14.1. The standard InChI is InChI=1S/C11H14BrIO2/c1-7(2)15-6-11(14)9-5-8(13)3-4-10(9)12/h3-5,7,11,14H,6H2,1-2H3. The smallest absolute Gasteiger partial charge is 0.103 e. The van der Waals surface area contributed by atoms with E-state index in [-0.39, 0.29) is 6.10 Å². The molecule has 1 aromatic carbocycles. The predicted octanol–water partition coefficient (Wildman–Crippen LogP) is 3.51. The van der Waals surface area contributed by atoms with Crippen molar-refractivity contribution in [1.29, 1.82) is 0 Å². The zero-order valence-electron chi connectivity index (χ0n) is 8.71. The average Bonchev–Trinajstić information content (AvgIpc) is 2.18. The lowest BCUT2D eigenvalue weighted by Gasteiger charge is -2.15. The second-order valence-electron chi connectivity index (χ2n) is 3.56. The molecule has 0 aliphatic rings. The second kappa shape index (κ2) is 6.18. The van der Waals surface area contributed by atoms with Gasteiger partial charge in [0.05, 0.1) is 12.7 Å². The number of rotatable bonds is 4. The molecular weight excluding hydrogens is 371 g/mol. The molecule has 15 heavy (non-hydrogen) atoms. The molecule has 1 aromatic rings. The largest absolute Gasteiger partial charge is 0.386 e. The van der Waals surface area contributed by atoms with E-state index >= 15 is 0 Å². The van der Waals surface area contributed by atoms with Gasteiger partial charge < -0.3 is 9.84 Å². The number of benzene rings is 1. The van der Waals surface area contributed by atoms with Gasteiger partial charge in [0.25, 0.3) is 0 Å². The Morgan fingerprint density at radius 1 is 1.47 bits per heavy atom. The Hall–Kier alpha value is 0.350. The van der Waals surface area contributed by atoms with Gasteiger partial charge in [-0.05, 0) is 60.2 Å².